The van der Waals surface area contributed by atoms with Gasteiger partial charge in [0.15, 0.2) is 0 Å². The largest absolute Gasteiger partial charge is 0.369 e. The Labute approximate surface area is 193 Å². The molecule has 2 N–H and O–H groups in total. The van der Waals surface area contributed by atoms with E-state index in [1.807, 2.05) is 18.2 Å². The molecule has 9 nitrogen and oxygen atoms in total. The topological polar surface area (TPSA) is 119 Å². The first kappa shape index (κ1) is 20.9. The van der Waals surface area contributed by atoms with E-state index >= 15 is 0 Å². The lowest BCUT2D eigenvalue weighted by Crippen LogP contribution is -2.50. The molecule has 1 aromatic carbocycles. The molecule has 0 bridgehead atoms. The van der Waals surface area contributed by atoms with Crippen molar-refractivity contribution in [3.05, 3.63) is 59.0 Å². The number of fused-ring (bicyclic) bond motifs is 1. The predicted octanol–water partition coefficient (Wildman–Crippen LogP) is 3.00. The van der Waals surface area contributed by atoms with Gasteiger partial charge < -0.3 is 5.73 Å². The molecule has 3 aromatic heterocycles. The molecule has 0 aliphatic carbocycles. The number of nitrogens with zero attached hydrogens (tertiary/aromatic N) is 6. The monoisotopic (exact) mass is 487 g/mol. The van der Waals surface area contributed by atoms with Crippen LogP contribution in [0.3, 0.4) is 0 Å². The van der Waals surface area contributed by atoms with Crippen LogP contribution in [0.5, 0.6) is 0 Å². The Bertz CT molecular complexity index is 1460. The number of hydrogen-bond acceptors (Lipinski definition) is 8. The number of nitrogens with two attached hydrogens (primary N) is 1. The van der Waals surface area contributed by atoms with Crippen LogP contribution in [0.2, 0.25) is 5.02 Å². The average Bonchev–Trinajstić information content (AvgIpc) is 3.41. The molecule has 4 aromatic rings. The van der Waals surface area contributed by atoms with Gasteiger partial charge in [0.05, 0.1) is 15.7 Å². The summed E-state index contributed by atoms with van der Waals surface area (Å²) in [4.78, 5) is 14.0. The maximum Gasteiger partial charge on any atom is 0.250 e. The van der Waals surface area contributed by atoms with Gasteiger partial charge in [0.2, 0.25) is 21.9 Å². The third kappa shape index (κ3) is 3.24. The fourth-order valence-corrected chi connectivity index (χ4v) is 7.07. The van der Waals surface area contributed by atoms with E-state index in [9.17, 15) is 8.42 Å². The molecule has 164 valence electrons. The van der Waals surface area contributed by atoms with E-state index in [1.165, 1.54) is 18.4 Å². The normalized spacial score (nSPS) is 20.5. The number of guanidine groups is 1. The Morgan fingerprint density at radius 1 is 1.22 bits per heavy atom. The summed E-state index contributed by atoms with van der Waals surface area (Å²) in [5, 5.41) is 5.42. The minimum atomic E-state index is -3.61. The molecule has 1 atom stereocenters. The van der Waals surface area contributed by atoms with Crippen molar-refractivity contribution in [2.75, 3.05) is 12.8 Å². The molecule has 0 saturated carbocycles. The number of sulfonamides is 1. The standard InChI is InChI=1S/C20H18ClN7O2S2/c1-20(11-32(29,30)27(2)18(22)26-20)17-15(21)14-6-3-5-13(16(14)31-17)12-9-23-19(24-10-12)28-8-4-7-25-28/h3-10H,11H2,1-2H3,(H2,22,26)/t20-/m0/s1. The molecule has 0 spiro atoms. The van der Waals surface area contributed by atoms with Crippen molar-refractivity contribution in [3.8, 4) is 17.1 Å². The van der Waals surface area contributed by atoms with Gasteiger partial charge in [-0.15, -0.1) is 11.3 Å². The Hall–Kier alpha value is -3.02. The number of thiophene rings is 1. The van der Waals surface area contributed by atoms with Crippen molar-refractivity contribution < 1.29 is 8.42 Å². The highest BCUT2D eigenvalue weighted by atomic mass is 35.5. The fourth-order valence-electron chi connectivity index (χ4n) is 3.69. The van der Waals surface area contributed by atoms with Crippen LogP contribution in [-0.2, 0) is 15.6 Å². The van der Waals surface area contributed by atoms with Crippen LogP contribution in [-0.4, -0.2) is 51.2 Å². The van der Waals surface area contributed by atoms with Gasteiger partial charge >= 0.3 is 0 Å². The Morgan fingerprint density at radius 2 is 1.97 bits per heavy atom. The van der Waals surface area contributed by atoms with Crippen LogP contribution in [0, 0.1) is 0 Å². The summed E-state index contributed by atoms with van der Waals surface area (Å²) in [7, 11) is -2.22. The maximum absolute atomic E-state index is 12.6. The molecular weight excluding hydrogens is 470 g/mol. The van der Waals surface area contributed by atoms with Crippen molar-refractivity contribution in [1.82, 2.24) is 24.1 Å². The summed E-state index contributed by atoms with van der Waals surface area (Å²) in [5.41, 5.74) is 6.53. The van der Waals surface area contributed by atoms with E-state index in [4.69, 9.17) is 17.3 Å². The summed E-state index contributed by atoms with van der Waals surface area (Å²) in [6.45, 7) is 1.74. The summed E-state index contributed by atoms with van der Waals surface area (Å²) < 4.78 is 28.7. The SMILES string of the molecule is CN1C(N)=N[C@](C)(c2sc3c(-c4cnc(-n5cccn5)nc4)cccc3c2Cl)CS1(=O)=O. The number of benzene rings is 1. The maximum atomic E-state index is 12.6. The smallest absolute Gasteiger partial charge is 0.250 e. The van der Waals surface area contributed by atoms with Gasteiger partial charge in [-0.25, -0.2) is 32.4 Å². The third-order valence-electron chi connectivity index (χ3n) is 5.37. The van der Waals surface area contributed by atoms with E-state index in [-0.39, 0.29) is 11.7 Å². The summed E-state index contributed by atoms with van der Waals surface area (Å²) in [6.07, 6.45) is 6.88. The van der Waals surface area contributed by atoms with Gasteiger partial charge in [0.1, 0.15) is 5.54 Å². The predicted molar refractivity (Wildman–Crippen MR) is 126 cm³/mol. The van der Waals surface area contributed by atoms with Gasteiger partial charge in [-0.1, -0.05) is 29.8 Å². The zero-order valence-corrected chi connectivity index (χ0v) is 19.5. The van der Waals surface area contributed by atoms with Gasteiger partial charge in [-0.05, 0) is 13.0 Å². The van der Waals surface area contributed by atoms with Crippen LogP contribution in [0.4, 0.5) is 0 Å². The average molecular weight is 488 g/mol. The number of halogens is 1. The number of aliphatic imine (C=N–C) groups is 1. The first-order chi connectivity index (χ1) is 15.2. The van der Waals surface area contributed by atoms with Crippen LogP contribution >= 0.6 is 22.9 Å². The molecule has 0 unspecified atom stereocenters. The molecular formula is C20H18ClN7O2S2. The zero-order chi connectivity index (χ0) is 22.7. The van der Waals surface area contributed by atoms with Crippen LogP contribution in [0.15, 0.2) is 54.0 Å². The Kier molecular flexibility index (Phi) is 4.73. The number of hydrogen-bond donors (Lipinski definition) is 1. The molecule has 32 heavy (non-hydrogen) atoms. The minimum Gasteiger partial charge on any atom is -0.369 e. The highest BCUT2D eigenvalue weighted by Gasteiger charge is 2.42. The van der Waals surface area contributed by atoms with Gasteiger partial charge in [-0.2, -0.15) is 5.10 Å². The minimum absolute atomic E-state index is 0.0601. The summed E-state index contributed by atoms with van der Waals surface area (Å²) >= 11 is 8.16. The molecule has 4 heterocycles. The summed E-state index contributed by atoms with van der Waals surface area (Å²) in [6, 6.07) is 7.55. The molecule has 1 aliphatic rings. The first-order valence-corrected chi connectivity index (χ1v) is 12.4. The second-order valence-corrected chi connectivity index (χ2v) is 11.0. The molecule has 0 saturated heterocycles. The molecule has 0 fully saturated rings. The van der Waals surface area contributed by atoms with E-state index in [1.54, 1.807) is 42.5 Å². The third-order valence-corrected chi connectivity index (χ3v) is 9.31. The molecule has 0 amide bonds. The van der Waals surface area contributed by atoms with Gasteiger partial charge in [-0.3, -0.25) is 0 Å². The van der Waals surface area contributed by atoms with E-state index < -0.39 is 15.6 Å². The van der Waals surface area contributed by atoms with Crippen molar-refractivity contribution in [2.24, 2.45) is 10.7 Å². The first-order valence-electron chi connectivity index (χ1n) is 9.55. The second kappa shape index (κ2) is 7.26. The van der Waals surface area contributed by atoms with E-state index in [2.05, 4.69) is 20.1 Å². The van der Waals surface area contributed by atoms with Crippen LogP contribution in [0.1, 0.15) is 11.8 Å². The lowest BCUT2D eigenvalue weighted by Gasteiger charge is -2.33. The van der Waals surface area contributed by atoms with Crippen molar-refractivity contribution in [3.63, 3.8) is 0 Å². The van der Waals surface area contributed by atoms with Gasteiger partial charge in [0, 0.05) is 53.0 Å². The van der Waals surface area contributed by atoms with Crippen LogP contribution in [0.25, 0.3) is 27.2 Å². The second-order valence-electron chi connectivity index (χ2n) is 7.62. The quantitative estimate of drug-likeness (QED) is 0.474. The Balaban J connectivity index is 1.64. The number of rotatable bonds is 3. The molecule has 5 rings (SSSR count). The lowest BCUT2D eigenvalue weighted by atomic mass is 10.0. The Morgan fingerprint density at radius 3 is 2.62 bits per heavy atom. The highest BCUT2D eigenvalue weighted by molar-refractivity contribution is 7.89. The highest BCUT2D eigenvalue weighted by Crippen LogP contribution is 2.47. The van der Waals surface area contributed by atoms with Gasteiger partial charge in [0.25, 0.3) is 0 Å². The molecule has 12 heteroatoms. The van der Waals surface area contributed by atoms with Crippen LogP contribution < -0.4 is 5.73 Å². The number of aromatic nitrogens is 4. The molecule has 0 radical (unpaired) electrons. The van der Waals surface area contributed by atoms with Crippen molar-refractivity contribution in [1.29, 1.82) is 0 Å². The van der Waals surface area contributed by atoms with E-state index in [0.29, 0.717) is 15.8 Å². The molecule has 1 aliphatic heterocycles. The van der Waals surface area contributed by atoms with E-state index in [0.717, 1.165) is 25.5 Å². The van der Waals surface area contributed by atoms with Crippen molar-refractivity contribution in [2.45, 2.75) is 12.5 Å². The summed E-state index contributed by atoms with van der Waals surface area (Å²) in [5.74, 6) is 0.181. The fraction of sp³-hybridized carbons (Fsp3) is 0.200. The lowest BCUT2D eigenvalue weighted by molar-refractivity contribution is 0.482. The van der Waals surface area contributed by atoms with Crippen molar-refractivity contribution >= 4 is 49.0 Å². The zero-order valence-electron chi connectivity index (χ0n) is 17.1.